The van der Waals surface area contributed by atoms with Gasteiger partial charge in [-0.2, -0.15) is 0 Å². The van der Waals surface area contributed by atoms with E-state index in [2.05, 4.69) is 44.9 Å². The average molecular weight is 277 g/mol. The zero-order valence-electron chi connectivity index (χ0n) is 12.4. The molecule has 0 heterocycles. The van der Waals surface area contributed by atoms with Crippen LogP contribution >= 0.6 is 7.92 Å². The van der Waals surface area contributed by atoms with Gasteiger partial charge in [0.2, 0.25) is 5.91 Å². The monoisotopic (exact) mass is 277 g/mol. The van der Waals surface area contributed by atoms with Crippen molar-refractivity contribution < 1.29 is 4.79 Å². The molecular weight excluding hydrogens is 253 g/mol. The van der Waals surface area contributed by atoms with E-state index in [-0.39, 0.29) is 19.0 Å². The van der Waals surface area contributed by atoms with Gasteiger partial charge in [0.25, 0.3) is 0 Å². The standard InChI is InChI=1S/C16H24NOP/c1-5-19(4)16(10-7-11-16)15(18)17-14-12(2)8-6-9-13(14)3/h6,8-9H,5,7,10-11H2,1-4H3,(H,17,18). The molecule has 0 aliphatic heterocycles. The van der Waals surface area contributed by atoms with Crippen molar-refractivity contribution in [2.75, 3.05) is 18.1 Å². The second-order valence-electron chi connectivity index (χ2n) is 5.62. The van der Waals surface area contributed by atoms with E-state index in [1.165, 1.54) is 6.42 Å². The number of nitrogens with one attached hydrogen (secondary N) is 1. The average Bonchev–Trinajstić information content (AvgIpc) is 2.32. The van der Waals surface area contributed by atoms with Crippen LogP contribution in [0.15, 0.2) is 18.2 Å². The lowest BCUT2D eigenvalue weighted by Gasteiger charge is -2.45. The molecule has 1 fully saturated rings. The summed E-state index contributed by atoms with van der Waals surface area (Å²) in [7, 11) is -0.204. The SMILES string of the molecule is CCP(C)C1(C(=O)Nc2c(C)cccc2C)CCC1. The number of hydrogen-bond donors (Lipinski definition) is 1. The summed E-state index contributed by atoms with van der Waals surface area (Å²) in [6, 6.07) is 6.16. The summed E-state index contributed by atoms with van der Waals surface area (Å²) in [6.07, 6.45) is 4.47. The van der Waals surface area contributed by atoms with Crippen LogP contribution in [0.2, 0.25) is 0 Å². The second kappa shape index (κ2) is 5.63. The summed E-state index contributed by atoms with van der Waals surface area (Å²) < 4.78 is 0. The van der Waals surface area contributed by atoms with Gasteiger partial charge in [0.05, 0.1) is 5.16 Å². The van der Waals surface area contributed by atoms with Gasteiger partial charge in [-0.1, -0.05) is 39.5 Å². The fourth-order valence-electron chi connectivity index (χ4n) is 2.84. The topological polar surface area (TPSA) is 29.1 Å². The molecule has 1 aliphatic rings. The first-order valence-electron chi connectivity index (χ1n) is 7.10. The number of anilines is 1. The molecule has 2 nitrogen and oxygen atoms in total. The molecule has 1 N–H and O–H groups in total. The van der Waals surface area contributed by atoms with E-state index in [4.69, 9.17) is 0 Å². The van der Waals surface area contributed by atoms with Gasteiger partial charge in [-0.25, -0.2) is 0 Å². The number of carbonyl (C=O) groups is 1. The van der Waals surface area contributed by atoms with E-state index in [1.807, 2.05) is 6.07 Å². The van der Waals surface area contributed by atoms with Crippen LogP contribution in [-0.2, 0) is 4.79 Å². The van der Waals surface area contributed by atoms with Crippen molar-refractivity contribution >= 4 is 19.5 Å². The first-order valence-corrected chi connectivity index (χ1v) is 9.07. The first kappa shape index (κ1) is 14.5. The number of aryl methyl sites for hydroxylation is 2. The van der Waals surface area contributed by atoms with E-state index in [0.717, 1.165) is 35.8 Å². The first-order chi connectivity index (χ1) is 9.01. The highest BCUT2D eigenvalue weighted by molar-refractivity contribution is 7.59. The van der Waals surface area contributed by atoms with Crippen molar-refractivity contribution in [3.05, 3.63) is 29.3 Å². The molecule has 0 radical (unpaired) electrons. The Kier molecular flexibility index (Phi) is 4.30. The predicted molar refractivity (Wildman–Crippen MR) is 84.5 cm³/mol. The molecule has 1 aromatic carbocycles. The minimum absolute atomic E-state index is 0.0567. The number of carbonyl (C=O) groups excluding carboxylic acids is 1. The molecule has 3 heteroatoms. The summed E-state index contributed by atoms with van der Waals surface area (Å²) in [5.74, 6) is 0.256. The third kappa shape index (κ3) is 2.56. The van der Waals surface area contributed by atoms with Crippen LogP contribution < -0.4 is 5.32 Å². The Morgan fingerprint density at radius 2 is 1.89 bits per heavy atom. The minimum atomic E-state index is -0.204. The molecule has 2 rings (SSSR count). The molecule has 1 aromatic rings. The third-order valence-electron chi connectivity index (χ3n) is 4.53. The highest BCUT2D eigenvalue weighted by Gasteiger charge is 2.47. The fourth-order valence-corrected chi connectivity index (χ4v) is 4.93. The van der Waals surface area contributed by atoms with Crippen molar-refractivity contribution in [3.63, 3.8) is 0 Å². The summed E-state index contributed by atoms with van der Waals surface area (Å²) in [4.78, 5) is 12.7. The summed E-state index contributed by atoms with van der Waals surface area (Å²) in [5, 5.41) is 3.16. The Labute approximate surface area is 117 Å². The van der Waals surface area contributed by atoms with Crippen LogP contribution in [0.25, 0.3) is 0 Å². The van der Waals surface area contributed by atoms with Crippen LogP contribution in [-0.4, -0.2) is 23.9 Å². The summed E-state index contributed by atoms with van der Waals surface area (Å²) >= 11 is 0. The van der Waals surface area contributed by atoms with Crippen LogP contribution in [0, 0.1) is 13.8 Å². The zero-order chi connectivity index (χ0) is 14.0. The molecule has 1 aliphatic carbocycles. The molecule has 1 amide bonds. The number of rotatable bonds is 4. The number of hydrogen-bond acceptors (Lipinski definition) is 1. The number of benzene rings is 1. The molecule has 0 spiro atoms. The second-order valence-corrected chi connectivity index (χ2v) is 8.50. The van der Waals surface area contributed by atoms with Crippen molar-refractivity contribution in [1.29, 1.82) is 0 Å². The maximum atomic E-state index is 12.7. The molecule has 0 bridgehead atoms. The van der Waals surface area contributed by atoms with E-state index in [1.54, 1.807) is 0 Å². The molecule has 104 valence electrons. The molecule has 0 saturated heterocycles. The lowest BCUT2D eigenvalue weighted by molar-refractivity contribution is -0.120. The molecular formula is C16H24NOP. The molecule has 0 aromatic heterocycles. The number of para-hydroxylation sites is 1. The van der Waals surface area contributed by atoms with E-state index >= 15 is 0 Å². The van der Waals surface area contributed by atoms with Crippen molar-refractivity contribution in [3.8, 4) is 0 Å². The quantitative estimate of drug-likeness (QED) is 0.817. The van der Waals surface area contributed by atoms with Gasteiger partial charge in [-0.05, 0) is 50.6 Å². The Morgan fingerprint density at radius 1 is 1.32 bits per heavy atom. The van der Waals surface area contributed by atoms with Gasteiger partial charge in [0, 0.05) is 5.69 Å². The van der Waals surface area contributed by atoms with E-state index in [9.17, 15) is 4.79 Å². The third-order valence-corrected chi connectivity index (χ3v) is 7.59. The Bertz CT molecular complexity index is 459. The molecule has 19 heavy (non-hydrogen) atoms. The highest BCUT2D eigenvalue weighted by atomic mass is 31.1. The lowest BCUT2D eigenvalue weighted by atomic mass is 9.83. The summed E-state index contributed by atoms with van der Waals surface area (Å²) in [6.45, 7) is 8.60. The van der Waals surface area contributed by atoms with E-state index in [0.29, 0.717) is 0 Å². The largest absolute Gasteiger partial charge is 0.325 e. The van der Waals surface area contributed by atoms with Crippen LogP contribution in [0.3, 0.4) is 0 Å². The van der Waals surface area contributed by atoms with Gasteiger partial charge >= 0.3 is 0 Å². The van der Waals surface area contributed by atoms with E-state index < -0.39 is 0 Å². The predicted octanol–water partition coefficient (Wildman–Crippen LogP) is 4.30. The van der Waals surface area contributed by atoms with Gasteiger partial charge < -0.3 is 5.32 Å². The Balaban J connectivity index is 2.21. The lowest BCUT2D eigenvalue weighted by Crippen LogP contribution is -2.47. The van der Waals surface area contributed by atoms with Crippen molar-refractivity contribution in [2.45, 2.75) is 45.2 Å². The maximum absolute atomic E-state index is 12.7. The van der Waals surface area contributed by atoms with Gasteiger partial charge in [-0.15, -0.1) is 0 Å². The maximum Gasteiger partial charge on any atom is 0.234 e. The van der Waals surface area contributed by atoms with Gasteiger partial charge in [0.1, 0.15) is 0 Å². The zero-order valence-corrected chi connectivity index (χ0v) is 13.3. The Hall–Kier alpha value is -0.880. The minimum Gasteiger partial charge on any atom is -0.325 e. The molecule has 1 saturated carbocycles. The van der Waals surface area contributed by atoms with Crippen LogP contribution in [0.1, 0.15) is 37.3 Å². The Morgan fingerprint density at radius 3 is 2.32 bits per heavy atom. The van der Waals surface area contributed by atoms with Crippen LogP contribution in [0.5, 0.6) is 0 Å². The van der Waals surface area contributed by atoms with Crippen molar-refractivity contribution in [2.24, 2.45) is 0 Å². The fraction of sp³-hybridized carbons (Fsp3) is 0.562. The smallest absolute Gasteiger partial charge is 0.234 e. The highest BCUT2D eigenvalue weighted by Crippen LogP contribution is 2.58. The van der Waals surface area contributed by atoms with Gasteiger partial charge in [-0.3, -0.25) is 4.79 Å². The van der Waals surface area contributed by atoms with Crippen LogP contribution in [0.4, 0.5) is 5.69 Å². The molecule has 1 atom stereocenters. The normalized spacial score (nSPS) is 18.5. The van der Waals surface area contributed by atoms with Crippen molar-refractivity contribution in [1.82, 2.24) is 0 Å². The number of amides is 1. The van der Waals surface area contributed by atoms with Gasteiger partial charge in [0.15, 0.2) is 0 Å². The summed E-state index contributed by atoms with van der Waals surface area (Å²) in [5.41, 5.74) is 3.32. The molecule has 1 unspecified atom stereocenters.